The molecule has 33 heavy (non-hydrogen) atoms. The lowest BCUT2D eigenvalue weighted by atomic mass is 10.1. The third-order valence-corrected chi connectivity index (χ3v) is 6.16. The summed E-state index contributed by atoms with van der Waals surface area (Å²) in [4.78, 5) is 27.1. The Kier molecular flexibility index (Phi) is 5.93. The van der Waals surface area contributed by atoms with Gasteiger partial charge in [-0.25, -0.2) is 0 Å². The number of hydrogen-bond acceptors (Lipinski definition) is 4. The van der Waals surface area contributed by atoms with Gasteiger partial charge in [-0.2, -0.15) is 0 Å². The van der Waals surface area contributed by atoms with E-state index >= 15 is 0 Å². The Morgan fingerprint density at radius 3 is 2.76 bits per heavy atom. The second kappa shape index (κ2) is 9.17. The highest BCUT2D eigenvalue weighted by molar-refractivity contribution is 7.80. The van der Waals surface area contributed by atoms with E-state index in [2.05, 4.69) is 10.6 Å². The minimum atomic E-state index is -0.211. The number of nitrogens with zero attached hydrogens (tertiary/aromatic N) is 2. The molecule has 0 bridgehead atoms. The molecule has 2 aliphatic heterocycles. The van der Waals surface area contributed by atoms with E-state index in [4.69, 9.17) is 17.0 Å². The number of benzene rings is 2. The predicted octanol–water partition coefficient (Wildman–Crippen LogP) is 3.20. The lowest BCUT2D eigenvalue weighted by Crippen LogP contribution is -2.34. The van der Waals surface area contributed by atoms with Gasteiger partial charge in [0.25, 0.3) is 5.91 Å². The van der Waals surface area contributed by atoms with Crippen molar-refractivity contribution in [1.29, 1.82) is 0 Å². The zero-order chi connectivity index (χ0) is 22.8. The molecule has 0 aliphatic carbocycles. The lowest BCUT2D eigenvalue weighted by Gasteiger charge is -2.13. The van der Waals surface area contributed by atoms with Crippen LogP contribution in [0.5, 0.6) is 0 Å². The Labute approximate surface area is 197 Å². The predicted molar refractivity (Wildman–Crippen MR) is 132 cm³/mol. The van der Waals surface area contributed by atoms with E-state index in [0.717, 1.165) is 35.9 Å². The molecular weight excluding hydrogens is 436 g/mol. The van der Waals surface area contributed by atoms with Crippen molar-refractivity contribution in [2.75, 3.05) is 18.1 Å². The highest BCUT2D eigenvalue weighted by atomic mass is 32.1. The first kappa shape index (κ1) is 21.4. The standard InChI is InChI=1S/C25H24N4O3S/c30-23(26-14-19-9-6-12-32-19)16-28-15-17(20-10-4-5-11-22(20)28)13-21-24(31)29(25(33)27-21)18-7-2-1-3-8-18/h1-5,7-8,10-11,13,15,19H,6,9,12,14,16H2,(H,26,30)(H,27,33)/b21-13-. The second-order valence-electron chi connectivity index (χ2n) is 8.13. The van der Waals surface area contributed by atoms with Crippen molar-refractivity contribution in [3.8, 4) is 0 Å². The minimum Gasteiger partial charge on any atom is -0.376 e. The molecule has 2 aromatic carbocycles. The Hall–Kier alpha value is -3.49. The van der Waals surface area contributed by atoms with Crippen molar-refractivity contribution in [2.24, 2.45) is 0 Å². The van der Waals surface area contributed by atoms with Crippen LogP contribution in [-0.2, 0) is 20.9 Å². The quantitative estimate of drug-likeness (QED) is 0.437. The maximum absolute atomic E-state index is 13.1. The highest BCUT2D eigenvalue weighted by Crippen LogP contribution is 2.26. The molecule has 8 heteroatoms. The van der Waals surface area contributed by atoms with E-state index in [0.29, 0.717) is 23.0 Å². The molecule has 2 fully saturated rings. The summed E-state index contributed by atoms with van der Waals surface area (Å²) in [6.45, 7) is 1.48. The van der Waals surface area contributed by atoms with E-state index < -0.39 is 0 Å². The van der Waals surface area contributed by atoms with E-state index in [1.807, 2.05) is 65.4 Å². The Bertz CT molecular complexity index is 1250. The molecule has 1 aromatic heterocycles. The van der Waals surface area contributed by atoms with Gasteiger partial charge < -0.3 is 19.9 Å². The molecule has 2 aliphatic rings. The zero-order valence-corrected chi connectivity index (χ0v) is 18.8. The van der Waals surface area contributed by atoms with Crippen LogP contribution in [-0.4, -0.2) is 40.7 Å². The van der Waals surface area contributed by atoms with Crippen LogP contribution in [0.15, 0.2) is 66.5 Å². The third kappa shape index (κ3) is 4.40. The molecule has 3 aromatic rings. The van der Waals surface area contributed by atoms with Gasteiger partial charge in [-0.05, 0) is 49.3 Å². The summed E-state index contributed by atoms with van der Waals surface area (Å²) in [6.07, 6.45) is 5.81. The summed E-state index contributed by atoms with van der Waals surface area (Å²) in [5.41, 5.74) is 2.87. The van der Waals surface area contributed by atoms with Gasteiger partial charge >= 0.3 is 0 Å². The molecule has 2 saturated heterocycles. The summed E-state index contributed by atoms with van der Waals surface area (Å²) in [5.74, 6) is -0.283. The normalized spacial score (nSPS) is 19.5. The molecule has 7 nitrogen and oxygen atoms in total. The number of carbonyl (C=O) groups excluding carboxylic acids is 2. The third-order valence-electron chi connectivity index (χ3n) is 5.88. The van der Waals surface area contributed by atoms with Gasteiger partial charge in [-0.3, -0.25) is 14.5 Å². The fraction of sp³-hybridized carbons (Fsp3) is 0.240. The number of nitrogens with one attached hydrogen (secondary N) is 2. The fourth-order valence-corrected chi connectivity index (χ4v) is 4.57. The number of fused-ring (bicyclic) bond motifs is 1. The summed E-state index contributed by atoms with van der Waals surface area (Å²) < 4.78 is 7.48. The summed E-state index contributed by atoms with van der Waals surface area (Å²) in [5, 5.41) is 7.30. The smallest absolute Gasteiger partial charge is 0.281 e. The largest absolute Gasteiger partial charge is 0.376 e. The molecule has 3 heterocycles. The number of amides is 2. The van der Waals surface area contributed by atoms with Gasteiger partial charge in [0.2, 0.25) is 5.91 Å². The number of rotatable bonds is 6. The summed E-state index contributed by atoms with van der Waals surface area (Å²) >= 11 is 5.41. The second-order valence-corrected chi connectivity index (χ2v) is 8.52. The van der Waals surface area contributed by atoms with Crippen molar-refractivity contribution < 1.29 is 14.3 Å². The molecule has 168 valence electrons. The van der Waals surface area contributed by atoms with Crippen molar-refractivity contribution in [3.63, 3.8) is 0 Å². The molecule has 5 rings (SSSR count). The van der Waals surface area contributed by atoms with Gasteiger partial charge in [-0.15, -0.1) is 0 Å². The average Bonchev–Trinajstić information content (AvgIpc) is 3.53. The van der Waals surface area contributed by atoms with Crippen LogP contribution < -0.4 is 15.5 Å². The molecule has 2 amide bonds. The SMILES string of the molecule is O=C(Cn1cc(/C=C2\NC(=S)N(c3ccccc3)C2=O)c2ccccc21)NCC1CCCO1. The van der Waals surface area contributed by atoms with Crippen molar-refractivity contribution in [2.45, 2.75) is 25.5 Å². The van der Waals surface area contributed by atoms with E-state index in [1.54, 1.807) is 6.08 Å². The van der Waals surface area contributed by atoms with Crippen molar-refractivity contribution in [3.05, 3.63) is 72.1 Å². The number of ether oxygens (including phenoxy) is 1. The maximum atomic E-state index is 13.1. The van der Waals surface area contributed by atoms with Crippen LogP contribution in [0.4, 0.5) is 5.69 Å². The monoisotopic (exact) mass is 460 g/mol. The molecular formula is C25H24N4O3S. The number of para-hydroxylation sites is 2. The summed E-state index contributed by atoms with van der Waals surface area (Å²) in [7, 11) is 0. The first-order valence-corrected chi connectivity index (χ1v) is 11.4. The van der Waals surface area contributed by atoms with Crippen LogP contribution in [0, 0.1) is 0 Å². The Morgan fingerprint density at radius 1 is 1.18 bits per heavy atom. The first-order valence-electron chi connectivity index (χ1n) is 11.0. The number of aromatic nitrogens is 1. The van der Waals surface area contributed by atoms with Gasteiger partial charge in [0.1, 0.15) is 12.2 Å². The number of carbonyl (C=O) groups is 2. The molecule has 1 atom stereocenters. The van der Waals surface area contributed by atoms with E-state index in [-0.39, 0.29) is 24.5 Å². The van der Waals surface area contributed by atoms with Gasteiger partial charge in [0.05, 0.1) is 11.8 Å². The van der Waals surface area contributed by atoms with E-state index in [9.17, 15) is 9.59 Å². The van der Waals surface area contributed by atoms with Gasteiger partial charge in [-0.1, -0.05) is 36.4 Å². The van der Waals surface area contributed by atoms with Crippen LogP contribution >= 0.6 is 12.2 Å². The average molecular weight is 461 g/mol. The van der Waals surface area contributed by atoms with Crippen LogP contribution in [0.25, 0.3) is 17.0 Å². The number of thiocarbonyl (C=S) groups is 1. The Morgan fingerprint density at radius 2 is 1.97 bits per heavy atom. The molecule has 1 unspecified atom stereocenters. The highest BCUT2D eigenvalue weighted by Gasteiger charge is 2.32. The topological polar surface area (TPSA) is 75.6 Å². The summed E-state index contributed by atoms with van der Waals surface area (Å²) in [6, 6.07) is 17.1. The zero-order valence-electron chi connectivity index (χ0n) is 18.0. The molecule has 0 spiro atoms. The number of anilines is 1. The molecule has 0 radical (unpaired) electrons. The van der Waals surface area contributed by atoms with Crippen LogP contribution in [0.3, 0.4) is 0 Å². The van der Waals surface area contributed by atoms with Crippen LogP contribution in [0.1, 0.15) is 18.4 Å². The van der Waals surface area contributed by atoms with Crippen molar-refractivity contribution in [1.82, 2.24) is 15.2 Å². The van der Waals surface area contributed by atoms with Crippen LogP contribution in [0.2, 0.25) is 0 Å². The van der Waals surface area contributed by atoms with Crippen molar-refractivity contribution >= 4 is 51.8 Å². The van der Waals surface area contributed by atoms with Gasteiger partial charge in [0.15, 0.2) is 5.11 Å². The van der Waals surface area contributed by atoms with E-state index in [1.165, 1.54) is 4.90 Å². The fourth-order valence-electron chi connectivity index (χ4n) is 4.27. The molecule has 0 saturated carbocycles. The number of hydrogen-bond donors (Lipinski definition) is 2. The first-order chi connectivity index (χ1) is 16.1. The van der Waals surface area contributed by atoms with Gasteiger partial charge in [0, 0.05) is 35.8 Å². The minimum absolute atomic E-state index is 0.0723. The Balaban J connectivity index is 1.39. The lowest BCUT2D eigenvalue weighted by molar-refractivity contribution is -0.122. The molecule has 2 N–H and O–H groups in total. The maximum Gasteiger partial charge on any atom is 0.281 e.